The van der Waals surface area contributed by atoms with Gasteiger partial charge in [0, 0.05) is 51.5 Å². The molecule has 290 valence electrons. The normalized spacial score (nSPS) is 11.5. The third kappa shape index (κ3) is 6.08. The molecule has 12 rings (SSSR count). The molecular formula is C58H38N4. The van der Waals surface area contributed by atoms with E-state index in [1.807, 2.05) is 24.8 Å². The Bertz CT molecular complexity index is 3390. The molecule has 4 nitrogen and oxygen atoms in total. The van der Waals surface area contributed by atoms with Crippen LogP contribution in [0.2, 0.25) is 0 Å². The molecule has 0 saturated heterocycles. The van der Waals surface area contributed by atoms with Gasteiger partial charge in [-0.15, -0.1) is 0 Å². The van der Waals surface area contributed by atoms with Gasteiger partial charge in [0.2, 0.25) is 0 Å². The van der Waals surface area contributed by atoms with E-state index in [0.29, 0.717) is 0 Å². The second-order valence-electron chi connectivity index (χ2n) is 15.9. The summed E-state index contributed by atoms with van der Waals surface area (Å²) in [6.45, 7) is 0. The smallest absolute Gasteiger partial charge is 0.0724 e. The largest absolute Gasteiger partial charge is 0.309 e. The van der Waals surface area contributed by atoms with Gasteiger partial charge in [-0.25, -0.2) is 0 Å². The summed E-state index contributed by atoms with van der Waals surface area (Å²) in [5.41, 5.74) is 18.7. The minimum absolute atomic E-state index is 1.10. The van der Waals surface area contributed by atoms with Crippen molar-refractivity contribution in [3.05, 3.63) is 231 Å². The van der Waals surface area contributed by atoms with Crippen molar-refractivity contribution < 1.29 is 0 Å². The fourth-order valence-electron chi connectivity index (χ4n) is 9.32. The highest BCUT2D eigenvalue weighted by Crippen LogP contribution is 2.38. The fourth-order valence-corrected chi connectivity index (χ4v) is 9.32. The van der Waals surface area contributed by atoms with E-state index in [1.165, 1.54) is 82.8 Å². The number of hydrogen-bond donors (Lipinski definition) is 0. The molecule has 0 saturated carbocycles. The Hall–Kier alpha value is -8.34. The van der Waals surface area contributed by atoms with Gasteiger partial charge >= 0.3 is 0 Å². The van der Waals surface area contributed by atoms with Crippen molar-refractivity contribution >= 4 is 43.6 Å². The lowest BCUT2D eigenvalue weighted by atomic mass is 9.93. The number of rotatable bonds is 7. The average Bonchev–Trinajstić information content (AvgIpc) is 3.87. The summed E-state index contributed by atoms with van der Waals surface area (Å²) >= 11 is 0. The second kappa shape index (κ2) is 14.7. The number of fused-ring (bicyclic) bond motifs is 6. The Morgan fingerprint density at radius 2 is 0.613 bits per heavy atom. The molecule has 4 heterocycles. The number of nitrogens with zero attached hydrogens (tertiary/aromatic N) is 4. The molecule has 0 unspecified atom stereocenters. The van der Waals surface area contributed by atoms with Gasteiger partial charge in [0.15, 0.2) is 0 Å². The maximum Gasteiger partial charge on any atom is 0.0724 e. The van der Waals surface area contributed by atoms with E-state index in [1.54, 1.807) is 0 Å². The SMILES string of the molecule is c1ccc(-n2c3ccncc3c3cc(-c4cccc(-c5cccc(-c6cccc(-c7cccc(-c8ccc9c(c8)c8ccncc8n9-c8ccccc8)c7)c6)c5)c4)ccc32)cc1. The number of para-hydroxylation sites is 2. The zero-order valence-corrected chi connectivity index (χ0v) is 33.7. The molecule has 0 aliphatic rings. The quantitative estimate of drug-likeness (QED) is 0.161. The fraction of sp³-hybridized carbons (Fsp3) is 0. The summed E-state index contributed by atoms with van der Waals surface area (Å²) in [6.07, 6.45) is 7.71. The molecule has 0 aliphatic carbocycles. The van der Waals surface area contributed by atoms with Crippen LogP contribution in [0, 0.1) is 0 Å². The van der Waals surface area contributed by atoms with E-state index in [-0.39, 0.29) is 0 Å². The molecule has 0 aliphatic heterocycles. The minimum Gasteiger partial charge on any atom is -0.309 e. The molecule has 4 aromatic heterocycles. The van der Waals surface area contributed by atoms with Gasteiger partial charge in [0.05, 0.1) is 28.3 Å². The third-order valence-electron chi connectivity index (χ3n) is 12.3. The molecule has 0 amide bonds. The van der Waals surface area contributed by atoms with Crippen molar-refractivity contribution in [2.75, 3.05) is 0 Å². The monoisotopic (exact) mass is 790 g/mol. The van der Waals surface area contributed by atoms with Crippen molar-refractivity contribution in [1.29, 1.82) is 0 Å². The Morgan fingerprint density at radius 1 is 0.242 bits per heavy atom. The summed E-state index contributed by atoms with van der Waals surface area (Å²) in [4.78, 5) is 8.99. The van der Waals surface area contributed by atoms with Gasteiger partial charge in [-0.1, -0.05) is 121 Å². The first kappa shape index (κ1) is 35.6. The predicted octanol–water partition coefficient (Wildman–Crippen LogP) is 15.0. The van der Waals surface area contributed by atoms with Gasteiger partial charge in [-0.05, 0) is 141 Å². The topological polar surface area (TPSA) is 35.6 Å². The Morgan fingerprint density at radius 3 is 1.08 bits per heavy atom. The molecule has 0 spiro atoms. The summed E-state index contributed by atoms with van der Waals surface area (Å²) in [6, 6.07) is 74.5. The molecule has 0 N–H and O–H groups in total. The Labute approximate surface area is 359 Å². The number of benzene rings is 8. The molecule has 0 atom stereocenters. The van der Waals surface area contributed by atoms with Gasteiger partial charge in [0.1, 0.15) is 0 Å². The third-order valence-corrected chi connectivity index (χ3v) is 12.3. The first-order chi connectivity index (χ1) is 30.7. The van der Waals surface area contributed by atoms with Crippen molar-refractivity contribution in [3.8, 4) is 67.0 Å². The van der Waals surface area contributed by atoms with Crippen LogP contribution in [-0.4, -0.2) is 19.1 Å². The van der Waals surface area contributed by atoms with Gasteiger partial charge in [0.25, 0.3) is 0 Å². The molecule has 8 aromatic carbocycles. The molecular weight excluding hydrogens is 753 g/mol. The highest BCUT2D eigenvalue weighted by atomic mass is 15.0. The van der Waals surface area contributed by atoms with Gasteiger partial charge in [-0.2, -0.15) is 0 Å². The molecule has 62 heavy (non-hydrogen) atoms. The van der Waals surface area contributed by atoms with Gasteiger partial charge < -0.3 is 9.13 Å². The van der Waals surface area contributed by atoms with Crippen LogP contribution in [0.3, 0.4) is 0 Å². The van der Waals surface area contributed by atoms with Gasteiger partial charge in [-0.3, -0.25) is 9.97 Å². The molecule has 0 bridgehead atoms. The number of pyridine rings is 2. The van der Waals surface area contributed by atoms with Crippen LogP contribution in [0.15, 0.2) is 231 Å². The Kier molecular flexibility index (Phi) is 8.46. The lowest BCUT2D eigenvalue weighted by Gasteiger charge is -2.11. The number of hydrogen-bond acceptors (Lipinski definition) is 2. The van der Waals surface area contributed by atoms with E-state index < -0.39 is 0 Å². The highest BCUT2D eigenvalue weighted by Gasteiger charge is 2.16. The maximum absolute atomic E-state index is 4.51. The lowest BCUT2D eigenvalue weighted by molar-refractivity contribution is 1.17. The highest BCUT2D eigenvalue weighted by molar-refractivity contribution is 6.11. The van der Waals surface area contributed by atoms with E-state index in [9.17, 15) is 0 Å². The van der Waals surface area contributed by atoms with Crippen molar-refractivity contribution in [1.82, 2.24) is 19.1 Å². The number of aromatic nitrogens is 4. The van der Waals surface area contributed by atoms with E-state index in [0.717, 1.165) is 27.8 Å². The maximum atomic E-state index is 4.51. The van der Waals surface area contributed by atoms with Crippen LogP contribution in [0.25, 0.3) is 111 Å². The zero-order chi connectivity index (χ0) is 41.0. The molecule has 12 aromatic rings. The average molecular weight is 791 g/mol. The summed E-state index contributed by atoms with van der Waals surface area (Å²) in [7, 11) is 0. The zero-order valence-electron chi connectivity index (χ0n) is 33.7. The van der Waals surface area contributed by atoms with Crippen molar-refractivity contribution in [2.24, 2.45) is 0 Å². The van der Waals surface area contributed by atoms with E-state index in [4.69, 9.17) is 0 Å². The second-order valence-corrected chi connectivity index (χ2v) is 15.9. The first-order valence-electron chi connectivity index (χ1n) is 21.0. The molecule has 0 fully saturated rings. The summed E-state index contributed by atoms with van der Waals surface area (Å²) < 4.78 is 4.63. The van der Waals surface area contributed by atoms with Crippen LogP contribution < -0.4 is 0 Å². The van der Waals surface area contributed by atoms with Crippen LogP contribution in [0.5, 0.6) is 0 Å². The first-order valence-corrected chi connectivity index (χ1v) is 21.0. The Balaban J connectivity index is 0.861. The van der Waals surface area contributed by atoms with Crippen LogP contribution in [0.1, 0.15) is 0 Å². The van der Waals surface area contributed by atoms with Crippen LogP contribution in [-0.2, 0) is 0 Å². The summed E-state index contributed by atoms with van der Waals surface area (Å²) in [5.74, 6) is 0. The molecule has 4 heteroatoms. The summed E-state index contributed by atoms with van der Waals surface area (Å²) in [5, 5.41) is 4.75. The van der Waals surface area contributed by atoms with E-state index >= 15 is 0 Å². The predicted molar refractivity (Wildman–Crippen MR) is 258 cm³/mol. The van der Waals surface area contributed by atoms with E-state index in [2.05, 4.69) is 225 Å². The van der Waals surface area contributed by atoms with Crippen molar-refractivity contribution in [3.63, 3.8) is 0 Å². The molecule has 0 radical (unpaired) electrons. The van der Waals surface area contributed by atoms with Crippen LogP contribution in [0.4, 0.5) is 0 Å². The van der Waals surface area contributed by atoms with Crippen molar-refractivity contribution in [2.45, 2.75) is 0 Å². The minimum atomic E-state index is 1.10. The lowest BCUT2D eigenvalue weighted by Crippen LogP contribution is -1.93. The standard InChI is InChI=1S/C58H38N4/c1-3-19-49(20-4-1)61-56-26-24-48(36-53(56)54-37-59-30-28-57(54)61)46-18-10-16-44(34-46)42-14-8-12-40(32-42)39-11-7-13-41(31-39)43-15-9-17-45(33-43)47-23-25-55-52(35-47)51-27-29-60-38-58(51)62(55)50-21-5-2-6-22-50/h1-38H. The van der Waals surface area contributed by atoms with Crippen LogP contribution >= 0.6 is 0 Å².